The Morgan fingerprint density at radius 2 is 1.43 bits per heavy atom. The number of benzene rings is 1. The third kappa shape index (κ3) is 7.84. The Morgan fingerprint density at radius 1 is 0.892 bits per heavy atom. The van der Waals surface area contributed by atoms with Crippen molar-refractivity contribution < 1.29 is 9.59 Å². The fourth-order valence-corrected chi connectivity index (χ4v) is 6.11. The summed E-state index contributed by atoms with van der Waals surface area (Å²) in [6.07, 6.45) is 8.14. The molecule has 6 nitrogen and oxygen atoms in total. The number of unbranched alkanes of at least 4 members (excludes halogenated alkanes) is 1. The zero-order valence-electron chi connectivity index (χ0n) is 23.0. The second-order valence-electron chi connectivity index (χ2n) is 11.5. The van der Waals surface area contributed by atoms with Crippen LogP contribution in [0.25, 0.3) is 0 Å². The van der Waals surface area contributed by atoms with E-state index in [1.54, 1.807) is 0 Å². The van der Waals surface area contributed by atoms with E-state index in [0.717, 1.165) is 51.9 Å². The highest BCUT2D eigenvalue weighted by Gasteiger charge is 2.53. The molecule has 210 valence electrons. The lowest BCUT2D eigenvalue weighted by Gasteiger charge is -2.52. The minimum atomic E-state index is -0.672. The third-order valence-corrected chi connectivity index (χ3v) is 8.22. The first-order chi connectivity index (χ1) is 16.9. The predicted octanol–water partition coefficient (Wildman–Crippen LogP) is 5.02. The van der Waals surface area contributed by atoms with Crippen LogP contribution in [0.15, 0.2) is 24.3 Å². The van der Waals surface area contributed by atoms with E-state index < -0.39 is 5.54 Å². The molecule has 1 atom stereocenters. The Morgan fingerprint density at radius 3 is 1.95 bits per heavy atom. The second kappa shape index (κ2) is 14.7. The van der Waals surface area contributed by atoms with Gasteiger partial charge in [-0.15, -0.1) is 24.8 Å². The number of piperazine rings is 1. The number of nitrogens with zero attached hydrogens (tertiary/aromatic N) is 3. The first-order valence-electron chi connectivity index (χ1n) is 14.1. The number of hydrogen-bond donors (Lipinski definition) is 1. The number of likely N-dealkylation sites (tertiary alicyclic amines) is 2. The first-order valence-corrected chi connectivity index (χ1v) is 14.1. The number of halogens is 2. The van der Waals surface area contributed by atoms with Crippen LogP contribution in [0.2, 0.25) is 0 Å². The molecule has 3 heterocycles. The van der Waals surface area contributed by atoms with Crippen LogP contribution in [0.4, 0.5) is 0 Å². The SMILES string of the molecule is CCCCN1C(=O)[C@H](CC(C)C)NC(=O)C12CCN(Cc1ccc(CN3CCCCC3)cc1)CC2.Cl.Cl. The smallest absolute Gasteiger partial charge is 0.246 e. The van der Waals surface area contributed by atoms with E-state index in [-0.39, 0.29) is 42.7 Å². The summed E-state index contributed by atoms with van der Waals surface area (Å²) in [5.41, 5.74) is 2.05. The molecule has 0 unspecified atom stereocenters. The number of nitrogens with one attached hydrogen (secondary N) is 1. The maximum absolute atomic E-state index is 13.4. The Balaban J connectivity index is 0.00000241. The summed E-state index contributed by atoms with van der Waals surface area (Å²) < 4.78 is 0. The maximum atomic E-state index is 13.4. The van der Waals surface area contributed by atoms with Gasteiger partial charge in [0.25, 0.3) is 0 Å². The number of rotatable bonds is 9. The van der Waals surface area contributed by atoms with Gasteiger partial charge in [-0.3, -0.25) is 19.4 Å². The molecule has 1 spiro atoms. The monoisotopic (exact) mass is 554 g/mol. The molecule has 0 radical (unpaired) electrons. The van der Waals surface area contributed by atoms with E-state index >= 15 is 0 Å². The van der Waals surface area contributed by atoms with E-state index in [4.69, 9.17) is 0 Å². The van der Waals surface area contributed by atoms with Crippen LogP contribution in [-0.2, 0) is 22.7 Å². The molecule has 4 rings (SSSR count). The van der Waals surface area contributed by atoms with Crippen molar-refractivity contribution >= 4 is 36.6 Å². The van der Waals surface area contributed by atoms with Gasteiger partial charge in [0, 0.05) is 32.7 Å². The molecule has 8 heteroatoms. The van der Waals surface area contributed by atoms with Crippen molar-refractivity contribution in [2.45, 2.75) is 96.8 Å². The van der Waals surface area contributed by atoms with E-state index in [1.165, 1.54) is 43.5 Å². The second-order valence-corrected chi connectivity index (χ2v) is 11.5. The lowest BCUT2D eigenvalue weighted by Crippen LogP contribution is -2.73. The topological polar surface area (TPSA) is 55.9 Å². The number of carbonyl (C=O) groups is 2. The summed E-state index contributed by atoms with van der Waals surface area (Å²) >= 11 is 0. The van der Waals surface area contributed by atoms with Crippen LogP contribution in [0, 0.1) is 5.92 Å². The predicted molar refractivity (Wildman–Crippen MR) is 155 cm³/mol. The Labute approximate surface area is 236 Å². The van der Waals surface area contributed by atoms with Gasteiger partial charge >= 0.3 is 0 Å². The van der Waals surface area contributed by atoms with Gasteiger partial charge in [0.15, 0.2) is 0 Å². The van der Waals surface area contributed by atoms with Gasteiger partial charge in [-0.25, -0.2) is 0 Å². The van der Waals surface area contributed by atoms with Crippen molar-refractivity contribution in [2.24, 2.45) is 5.92 Å². The highest BCUT2D eigenvalue weighted by molar-refractivity contribution is 6.00. The van der Waals surface area contributed by atoms with E-state index in [0.29, 0.717) is 18.9 Å². The highest BCUT2D eigenvalue weighted by atomic mass is 35.5. The van der Waals surface area contributed by atoms with Crippen molar-refractivity contribution in [1.82, 2.24) is 20.0 Å². The van der Waals surface area contributed by atoms with Crippen LogP contribution in [0.1, 0.15) is 83.3 Å². The Hall–Kier alpha value is -1.34. The molecule has 1 N–H and O–H groups in total. The van der Waals surface area contributed by atoms with Gasteiger partial charge in [0.1, 0.15) is 11.6 Å². The normalized spacial score (nSPS) is 22.5. The molecular weight excluding hydrogens is 507 g/mol. The molecule has 0 bridgehead atoms. The van der Waals surface area contributed by atoms with Gasteiger partial charge in [-0.05, 0) is 68.7 Å². The van der Waals surface area contributed by atoms with Crippen molar-refractivity contribution in [3.63, 3.8) is 0 Å². The van der Waals surface area contributed by atoms with Crippen LogP contribution in [0.5, 0.6) is 0 Å². The molecule has 0 saturated carbocycles. The summed E-state index contributed by atoms with van der Waals surface area (Å²) in [5.74, 6) is 0.574. The molecule has 3 aliphatic heterocycles. The molecule has 1 aromatic rings. The lowest BCUT2D eigenvalue weighted by molar-refractivity contribution is -0.161. The average molecular weight is 556 g/mol. The van der Waals surface area contributed by atoms with Gasteiger partial charge in [-0.1, -0.05) is 57.9 Å². The number of piperidine rings is 2. The summed E-state index contributed by atoms with van der Waals surface area (Å²) in [7, 11) is 0. The minimum Gasteiger partial charge on any atom is -0.342 e. The van der Waals surface area contributed by atoms with Gasteiger partial charge in [-0.2, -0.15) is 0 Å². The number of amides is 2. The zero-order chi connectivity index (χ0) is 24.8. The number of hydrogen-bond acceptors (Lipinski definition) is 4. The molecule has 3 aliphatic rings. The first kappa shape index (κ1) is 31.9. The molecule has 37 heavy (non-hydrogen) atoms. The molecule has 0 aromatic heterocycles. The fourth-order valence-electron chi connectivity index (χ4n) is 6.11. The highest BCUT2D eigenvalue weighted by Crippen LogP contribution is 2.34. The van der Waals surface area contributed by atoms with Crippen LogP contribution in [-0.4, -0.2) is 70.8 Å². The van der Waals surface area contributed by atoms with Gasteiger partial charge in [0.2, 0.25) is 11.8 Å². The summed E-state index contributed by atoms with van der Waals surface area (Å²) in [5, 5.41) is 3.12. The van der Waals surface area contributed by atoms with Crippen molar-refractivity contribution in [3.8, 4) is 0 Å². The van der Waals surface area contributed by atoms with Crippen LogP contribution >= 0.6 is 24.8 Å². The van der Waals surface area contributed by atoms with Gasteiger partial charge < -0.3 is 10.2 Å². The summed E-state index contributed by atoms with van der Waals surface area (Å²) in [4.78, 5) is 33.8. The van der Waals surface area contributed by atoms with Crippen LogP contribution in [0.3, 0.4) is 0 Å². The fraction of sp³-hybridized carbons (Fsp3) is 0.724. The standard InChI is InChI=1S/C29H46N4O2.2ClH/c1-4-5-17-33-27(34)26(20-23(2)3)30-28(35)29(33)13-18-32(19-14-29)22-25-11-9-24(10-12-25)21-31-15-7-6-8-16-31;;/h9-12,23,26H,4-8,13-22H2,1-3H3,(H,30,35);2*1H/t26-;;/m0../s1. The quantitative estimate of drug-likeness (QED) is 0.465. The average Bonchev–Trinajstić information content (AvgIpc) is 2.85. The largest absolute Gasteiger partial charge is 0.342 e. The van der Waals surface area contributed by atoms with Crippen LogP contribution < -0.4 is 5.32 Å². The molecule has 1 aromatic carbocycles. The molecule has 3 saturated heterocycles. The summed E-state index contributed by atoms with van der Waals surface area (Å²) in [6, 6.07) is 8.73. The van der Waals surface area contributed by atoms with E-state index in [1.807, 2.05) is 4.90 Å². The van der Waals surface area contributed by atoms with E-state index in [2.05, 4.69) is 60.2 Å². The van der Waals surface area contributed by atoms with Crippen molar-refractivity contribution in [3.05, 3.63) is 35.4 Å². The minimum absolute atomic E-state index is 0. The molecular formula is C29H48Cl2N4O2. The maximum Gasteiger partial charge on any atom is 0.246 e. The zero-order valence-corrected chi connectivity index (χ0v) is 24.7. The Bertz CT molecular complexity index is 850. The third-order valence-electron chi connectivity index (χ3n) is 8.22. The molecule has 2 amide bonds. The van der Waals surface area contributed by atoms with E-state index in [9.17, 15) is 9.59 Å². The van der Waals surface area contributed by atoms with Crippen molar-refractivity contribution in [2.75, 3.05) is 32.7 Å². The summed E-state index contributed by atoms with van der Waals surface area (Å²) in [6.45, 7) is 13.1. The Kier molecular flexibility index (Phi) is 12.7. The molecule has 3 fully saturated rings. The number of carbonyl (C=O) groups excluding carboxylic acids is 2. The lowest BCUT2D eigenvalue weighted by atomic mass is 9.80. The van der Waals surface area contributed by atoms with Gasteiger partial charge in [0.05, 0.1) is 0 Å². The van der Waals surface area contributed by atoms with Crippen molar-refractivity contribution in [1.29, 1.82) is 0 Å². The molecule has 0 aliphatic carbocycles.